The first kappa shape index (κ1) is 40.1. The number of thiazole rings is 1. The van der Waals surface area contributed by atoms with Crippen molar-refractivity contribution in [1.29, 1.82) is 0 Å². The van der Waals surface area contributed by atoms with Crippen molar-refractivity contribution in [1.82, 2.24) is 20.1 Å². The molecule has 0 spiro atoms. The number of benzene rings is 1. The Morgan fingerprint density at radius 1 is 1.10 bits per heavy atom. The number of amides is 2. The molecule has 1 aliphatic carbocycles. The van der Waals surface area contributed by atoms with E-state index in [-0.39, 0.29) is 54.5 Å². The van der Waals surface area contributed by atoms with E-state index < -0.39 is 47.4 Å². The fourth-order valence-corrected chi connectivity index (χ4v) is 8.72. The van der Waals surface area contributed by atoms with E-state index in [1.807, 2.05) is 65.1 Å². The molecule has 2 N–H and O–H groups in total. The molecule has 2 bridgehead atoms. The normalized spacial score (nSPS) is 21.9. The Kier molecular flexibility index (Phi) is 13.6. The Bertz CT molecular complexity index is 1540. The number of ketones is 1. The summed E-state index contributed by atoms with van der Waals surface area (Å²) in [5.41, 5.74) is 0.677. The number of hydrogen-bond donors (Lipinski definition) is 2. The fraction of sp³-hybridized carbons (Fsp3) is 0.641. The SMILES string of the molecule is CC[C@H](C)[C@H](CC(=O)C12CC(CN1C)C2)C(=O)N(C)[C@H](C[C@@H](OC(C)=O)c1nc(C(=O)N[C@@H](Cc2ccccc2)C[C@H](C)C(=O)O)cs1)C(C)C. The van der Waals surface area contributed by atoms with Gasteiger partial charge in [0.2, 0.25) is 5.91 Å². The van der Waals surface area contributed by atoms with E-state index in [0.717, 1.165) is 31.4 Å². The number of esters is 1. The molecule has 3 aliphatic rings. The first-order valence-electron chi connectivity index (χ1n) is 18.3. The van der Waals surface area contributed by atoms with Gasteiger partial charge in [0.25, 0.3) is 5.91 Å². The van der Waals surface area contributed by atoms with Crippen LogP contribution in [-0.4, -0.2) is 87.7 Å². The lowest BCUT2D eigenvalue weighted by molar-refractivity contribution is -0.150. The van der Waals surface area contributed by atoms with Gasteiger partial charge < -0.3 is 20.1 Å². The maximum absolute atomic E-state index is 14.3. The molecule has 1 aromatic carbocycles. The second-order valence-corrected chi connectivity index (χ2v) is 16.2. The quantitative estimate of drug-likeness (QED) is 0.172. The van der Waals surface area contributed by atoms with Crippen molar-refractivity contribution in [2.45, 2.75) is 110 Å². The van der Waals surface area contributed by atoms with Crippen LogP contribution in [-0.2, 0) is 30.3 Å². The second-order valence-electron chi connectivity index (χ2n) is 15.3. The number of hydrogen-bond acceptors (Lipinski definition) is 9. The summed E-state index contributed by atoms with van der Waals surface area (Å²) in [6.07, 6.45) is 2.85. The Balaban J connectivity index is 1.51. The van der Waals surface area contributed by atoms with Gasteiger partial charge in [0.15, 0.2) is 11.9 Å². The van der Waals surface area contributed by atoms with Gasteiger partial charge in [-0.15, -0.1) is 11.3 Å². The average molecular weight is 725 g/mol. The van der Waals surface area contributed by atoms with Crippen LogP contribution in [0.25, 0.3) is 0 Å². The summed E-state index contributed by atoms with van der Waals surface area (Å²) >= 11 is 1.20. The van der Waals surface area contributed by atoms with Gasteiger partial charge in [-0.05, 0) is 56.0 Å². The number of ether oxygens (including phenoxy) is 1. The molecule has 3 fully saturated rings. The molecule has 12 heteroatoms. The average Bonchev–Trinajstić information content (AvgIpc) is 3.77. The molecule has 6 atom stereocenters. The number of rotatable bonds is 19. The number of aliphatic carboxylic acids is 1. The molecule has 5 rings (SSSR count). The highest BCUT2D eigenvalue weighted by Gasteiger charge is 2.59. The minimum atomic E-state index is -0.939. The van der Waals surface area contributed by atoms with Crippen LogP contribution in [0.1, 0.15) is 107 Å². The van der Waals surface area contributed by atoms with Crippen LogP contribution in [0.4, 0.5) is 0 Å². The van der Waals surface area contributed by atoms with E-state index in [0.29, 0.717) is 17.3 Å². The van der Waals surface area contributed by atoms with Crippen LogP contribution in [0.3, 0.4) is 0 Å². The molecule has 2 aromatic rings. The zero-order valence-corrected chi connectivity index (χ0v) is 32.2. The van der Waals surface area contributed by atoms with Crippen molar-refractivity contribution in [3.63, 3.8) is 0 Å². The van der Waals surface area contributed by atoms with Crippen LogP contribution >= 0.6 is 11.3 Å². The number of likely N-dealkylation sites (N-methyl/N-ethyl adjacent to an activating group) is 1. The van der Waals surface area contributed by atoms with E-state index in [1.165, 1.54) is 18.3 Å². The Morgan fingerprint density at radius 3 is 2.31 bits per heavy atom. The fourth-order valence-electron chi connectivity index (χ4n) is 7.88. The van der Waals surface area contributed by atoms with Crippen LogP contribution in [0.5, 0.6) is 0 Å². The maximum Gasteiger partial charge on any atom is 0.306 e. The number of nitrogens with zero attached hydrogens (tertiary/aromatic N) is 3. The summed E-state index contributed by atoms with van der Waals surface area (Å²) in [5.74, 6) is -2.42. The topological polar surface area (TPSA) is 146 Å². The minimum absolute atomic E-state index is 0.00389. The van der Waals surface area contributed by atoms with Crippen LogP contribution < -0.4 is 5.32 Å². The summed E-state index contributed by atoms with van der Waals surface area (Å²) in [4.78, 5) is 74.0. The van der Waals surface area contributed by atoms with Crippen LogP contribution in [0.15, 0.2) is 35.7 Å². The highest BCUT2D eigenvalue weighted by molar-refractivity contribution is 7.09. The number of carbonyl (C=O) groups is 5. The van der Waals surface area contributed by atoms with Crippen LogP contribution in [0.2, 0.25) is 0 Å². The molecule has 51 heavy (non-hydrogen) atoms. The standard InChI is InChI=1S/C39H56N4O7S/c1-9-24(4)30(17-34(45)39-19-28(20-39)21-42(39)7)37(47)43(8)32(23(2)3)18-33(50-26(6)44)36-41-31(22-51-36)35(46)40-29(15-25(5)38(48)49)16-27-13-11-10-12-14-27/h10-14,22-25,28-30,32-33H,9,15-21H2,1-8H3,(H,40,46)(H,48,49)/t24-,25-,28?,29+,30-,32+,33+,39?/m0/s1. The highest BCUT2D eigenvalue weighted by atomic mass is 32.1. The second kappa shape index (κ2) is 17.3. The molecule has 1 aromatic heterocycles. The number of aromatic nitrogens is 1. The number of nitrogens with one attached hydrogen (secondary N) is 1. The lowest BCUT2D eigenvalue weighted by Crippen LogP contribution is -2.53. The predicted molar refractivity (Wildman–Crippen MR) is 196 cm³/mol. The number of carbonyl (C=O) groups excluding carboxylic acids is 4. The lowest BCUT2D eigenvalue weighted by Gasteiger charge is -2.41. The summed E-state index contributed by atoms with van der Waals surface area (Å²) in [6.45, 7) is 12.0. The number of carboxylic acid groups (broad SMARTS) is 1. The Hall–Kier alpha value is -3.64. The van der Waals surface area contributed by atoms with Crippen molar-refractivity contribution < 1.29 is 33.8 Å². The van der Waals surface area contributed by atoms with Gasteiger partial charge in [0.05, 0.1) is 11.5 Å². The van der Waals surface area contributed by atoms with Gasteiger partial charge in [-0.25, -0.2) is 4.98 Å². The van der Waals surface area contributed by atoms with E-state index >= 15 is 0 Å². The minimum Gasteiger partial charge on any atom is -0.481 e. The summed E-state index contributed by atoms with van der Waals surface area (Å²) in [6, 6.07) is 8.75. The zero-order chi connectivity index (χ0) is 37.6. The lowest BCUT2D eigenvalue weighted by atomic mass is 9.68. The van der Waals surface area contributed by atoms with Crippen molar-refractivity contribution in [3.05, 3.63) is 52.0 Å². The molecule has 2 saturated heterocycles. The number of fused-ring (bicyclic) bond motifs is 1. The van der Waals surface area contributed by atoms with E-state index in [1.54, 1.807) is 24.3 Å². The first-order valence-corrected chi connectivity index (χ1v) is 19.2. The molecule has 280 valence electrons. The summed E-state index contributed by atoms with van der Waals surface area (Å²) in [7, 11) is 3.78. The molecular formula is C39H56N4O7S. The third kappa shape index (κ3) is 9.62. The first-order chi connectivity index (χ1) is 24.1. The molecule has 0 radical (unpaired) electrons. The van der Waals surface area contributed by atoms with Gasteiger partial charge >= 0.3 is 11.9 Å². The molecule has 0 unspecified atom stereocenters. The Labute approximate surface area is 306 Å². The highest BCUT2D eigenvalue weighted by Crippen LogP contribution is 2.51. The molecule has 2 aliphatic heterocycles. The van der Waals surface area contributed by atoms with Crippen molar-refractivity contribution in [3.8, 4) is 0 Å². The van der Waals surface area contributed by atoms with Crippen molar-refractivity contribution >= 4 is 40.9 Å². The maximum atomic E-state index is 14.3. The third-order valence-corrected chi connectivity index (χ3v) is 12.2. The third-order valence-electron chi connectivity index (χ3n) is 11.2. The van der Waals surface area contributed by atoms with Gasteiger partial charge in [0, 0.05) is 56.7 Å². The zero-order valence-electron chi connectivity index (χ0n) is 31.4. The van der Waals surface area contributed by atoms with E-state index in [4.69, 9.17) is 4.74 Å². The monoisotopic (exact) mass is 724 g/mol. The Morgan fingerprint density at radius 2 is 1.76 bits per heavy atom. The van der Waals surface area contributed by atoms with E-state index in [9.17, 15) is 29.1 Å². The summed E-state index contributed by atoms with van der Waals surface area (Å²) in [5, 5.41) is 14.5. The van der Waals surface area contributed by atoms with Gasteiger partial charge in [0.1, 0.15) is 10.7 Å². The van der Waals surface area contributed by atoms with E-state index in [2.05, 4.69) is 15.2 Å². The molecule has 3 heterocycles. The molecule has 2 amide bonds. The van der Waals surface area contributed by atoms with Gasteiger partial charge in [-0.2, -0.15) is 0 Å². The molecular weight excluding hydrogens is 669 g/mol. The number of carboxylic acids is 1. The molecule has 1 saturated carbocycles. The van der Waals surface area contributed by atoms with Crippen LogP contribution in [0, 0.1) is 29.6 Å². The van der Waals surface area contributed by atoms with Gasteiger partial charge in [-0.1, -0.05) is 71.4 Å². The largest absolute Gasteiger partial charge is 0.481 e. The molecule has 11 nitrogen and oxygen atoms in total. The van der Waals surface area contributed by atoms with Crippen molar-refractivity contribution in [2.24, 2.45) is 29.6 Å². The number of Topliss-reactive ketones (excluding diaryl/α,β-unsaturated/α-hetero) is 1. The van der Waals surface area contributed by atoms with Gasteiger partial charge in [-0.3, -0.25) is 28.9 Å². The smallest absolute Gasteiger partial charge is 0.306 e. The summed E-state index contributed by atoms with van der Waals surface area (Å²) < 4.78 is 5.79. The predicted octanol–water partition coefficient (Wildman–Crippen LogP) is 5.79. The van der Waals surface area contributed by atoms with Crippen molar-refractivity contribution in [2.75, 3.05) is 20.6 Å².